The Balaban J connectivity index is 3.19. The van der Waals surface area contributed by atoms with Crippen LogP contribution in [0.2, 0.25) is 0 Å². The number of rotatable bonds is 1. The van der Waals surface area contributed by atoms with E-state index in [0.29, 0.717) is 0 Å². The molecular weight excluding hydrogens is 317 g/mol. The number of halogens is 5. The average Bonchev–Trinajstić information content (AvgIpc) is 2.03. The quantitative estimate of drug-likeness (QED) is 0.570. The van der Waals surface area contributed by atoms with Crippen molar-refractivity contribution in [3.8, 4) is 0 Å². The van der Waals surface area contributed by atoms with Gasteiger partial charge < -0.3 is 0 Å². The van der Waals surface area contributed by atoms with Crippen LogP contribution in [0.3, 0.4) is 0 Å². The Morgan fingerprint density at radius 1 is 1.38 bits per heavy atom. The monoisotopic (exact) mass is 321 g/mol. The zero-order chi connectivity index (χ0) is 10.1. The summed E-state index contributed by atoms with van der Waals surface area (Å²) in [5, 5.41) is 0. The van der Waals surface area contributed by atoms with E-state index in [2.05, 4.69) is 4.98 Å². The molecule has 0 fully saturated rings. The Hall–Kier alpha value is -0.0400. The summed E-state index contributed by atoms with van der Waals surface area (Å²) >= 11 is 6.96. The number of hydrogen-bond acceptors (Lipinski definition) is 1. The maximum Gasteiger partial charge on any atom is 0.434 e. The lowest BCUT2D eigenvalue weighted by molar-refractivity contribution is -0.142. The summed E-state index contributed by atoms with van der Waals surface area (Å²) in [5.74, 6) is -0.0139. The molecule has 72 valence electrons. The maximum atomic E-state index is 12.3. The van der Waals surface area contributed by atoms with Crippen molar-refractivity contribution in [2.24, 2.45) is 0 Å². The van der Waals surface area contributed by atoms with Gasteiger partial charge in [0.15, 0.2) is 5.69 Å². The van der Waals surface area contributed by atoms with E-state index in [1.807, 2.05) is 0 Å². The first kappa shape index (κ1) is 11.0. The first-order valence-corrected chi connectivity index (χ1v) is 4.85. The van der Waals surface area contributed by atoms with E-state index in [-0.39, 0.29) is 15.1 Å². The second-order valence-corrected chi connectivity index (χ2v) is 3.69. The standard InChI is InChI=1S/C7H4ClF3IN/c8-3-4-1-2-5(12)6(13-4)7(9,10)11/h1-2H,3H2. The highest BCUT2D eigenvalue weighted by atomic mass is 127. The van der Waals surface area contributed by atoms with Crippen molar-refractivity contribution in [2.75, 3.05) is 0 Å². The summed E-state index contributed by atoms with van der Waals surface area (Å²) in [6, 6.07) is 2.83. The van der Waals surface area contributed by atoms with Gasteiger partial charge in [-0.05, 0) is 34.7 Å². The minimum absolute atomic E-state index is 0.0139. The van der Waals surface area contributed by atoms with E-state index in [9.17, 15) is 13.2 Å². The van der Waals surface area contributed by atoms with Crippen LogP contribution in [0.15, 0.2) is 12.1 Å². The number of hydrogen-bond donors (Lipinski definition) is 0. The molecule has 0 aromatic carbocycles. The molecule has 1 nitrogen and oxygen atoms in total. The molecule has 1 rings (SSSR count). The Morgan fingerprint density at radius 3 is 2.46 bits per heavy atom. The molecule has 0 saturated heterocycles. The first-order valence-electron chi connectivity index (χ1n) is 3.23. The van der Waals surface area contributed by atoms with Crippen LogP contribution in [-0.4, -0.2) is 4.98 Å². The molecular formula is C7H4ClF3IN. The van der Waals surface area contributed by atoms with Crippen molar-refractivity contribution < 1.29 is 13.2 Å². The Morgan fingerprint density at radius 2 is 2.00 bits per heavy atom. The normalized spacial score (nSPS) is 11.8. The minimum atomic E-state index is -4.40. The summed E-state index contributed by atoms with van der Waals surface area (Å²) in [5.41, 5.74) is -0.638. The van der Waals surface area contributed by atoms with Gasteiger partial charge in [-0.3, -0.25) is 0 Å². The lowest BCUT2D eigenvalue weighted by atomic mass is 10.3. The lowest BCUT2D eigenvalue weighted by Crippen LogP contribution is -2.11. The van der Waals surface area contributed by atoms with Crippen molar-refractivity contribution in [3.05, 3.63) is 27.1 Å². The van der Waals surface area contributed by atoms with Gasteiger partial charge in [-0.2, -0.15) is 13.2 Å². The van der Waals surface area contributed by atoms with Crippen molar-refractivity contribution >= 4 is 34.2 Å². The van der Waals surface area contributed by atoms with Crippen molar-refractivity contribution in [2.45, 2.75) is 12.1 Å². The first-order chi connectivity index (χ1) is 5.95. The topological polar surface area (TPSA) is 12.9 Å². The zero-order valence-electron chi connectivity index (χ0n) is 6.20. The molecule has 1 aromatic rings. The molecule has 0 N–H and O–H groups in total. The molecule has 6 heteroatoms. The summed E-state index contributed by atoms with van der Waals surface area (Å²) in [7, 11) is 0. The molecule has 0 aliphatic rings. The van der Waals surface area contributed by atoms with Gasteiger partial charge in [-0.25, -0.2) is 4.98 Å². The Labute approximate surface area is 91.4 Å². The van der Waals surface area contributed by atoms with Gasteiger partial charge in [-0.15, -0.1) is 11.6 Å². The molecule has 0 bridgehead atoms. The van der Waals surface area contributed by atoms with Crippen molar-refractivity contribution in [3.63, 3.8) is 0 Å². The molecule has 0 spiro atoms. The molecule has 0 atom stereocenters. The van der Waals surface area contributed by atoms with Gasteiger partial charge in [0.1, 0.15) is 0 Å². The largest absolute Gasteiger partial charge is 0.434 e. The second kappa shape index (κ2) is 4.00. The SMILES string of the molecule is FC(F)(F)c1nc(CCl)ccc1I. The minimum Gasteiger partial charge on any atom is -0.246 e. The fourth-order valence-corrected chi connectivity index (χ4v) is 1.51. The summed E-state index contributed by atoms with van der Waals surface area (Å²) in [4.78, 5) is 3.40. The smallest absolute Gasteiger partial charge is 0.246 e. The van der Waals surface area contributed by atoms with Crippen LogP contribution in [0.4, 0.5) is 13.2 Å². The predicted molar refractivity (Wildman–Crippen MR) is 51.5 cm³/mol. The Kier molecular flexibility index (Phi) is 3.39. The lowest BCUT2D eigenvalue weighted by Gasteiger charge is -2.08. The van der Waals surface area contributed by atoms with Gasteiger partial charge in [-0.1, -0.05) is 0 Å². The van der Waals surface area contributed by atoms with E-state index >= 15 is 0 Å². The van der Waals surface area contributed by atoms with Crippen molar-refractivity contribution in [1.82, 2.24) is 4.98 Å². The van der Waals surface area contributed by atoms with Crippen LogP contribution in [0, 0.1) is 3.57 Å². The average molecular weight is 321 g/mol. The number of aromatic nitrogens is 1. The van der Waals surface area contributed by atoms with E-state index in [4.69, 9.17) is 11.6 Å². The summed E-state index contributed by atoms with van der Waals surface area (Å²) in [6.45, 7) is 0. The molecule has 0 amide bonds. The van der Waals surface area contributed by atoms with Crippen molar-refractivity contribution in [1.29, 1.82) is 0 Å². The van der Waals surface area contributed by atoms with E-state index in [1.54, 1.807) is 22.6 Å². The molecule has 0 radical (unpaired) electrons. The van der Waals surface area contributed by atoms with Crippen LogP contribution < -0.4 is 0 Å². The molecule has 1 aromatic heterocycles. The number of pyridine rings is 1. The summed E-state index contributed by atoms with van der Waals surface area (Å²) < 4.78 is 36.8. The van der Waals surface area contributed by atoms with Crippen LogP contribution >= 0.6 is 34.2 Å². The fourth-order valence-electron chi connectivity index (χ4n) is 0.756. The van der Waals surface area contributed by atoms with Crippen LogP contribution in [0.5, 0.6) is 0 Å². The van der Waals surface area contributed by atoms with E-state index in [0.717, 1.165) is 0 Å². The molecule has 0 saturated carbocycles. The highest BCUT2D eigenvalue weighted by molar-refractivity contribution is 14.1. The molecule has 1 heterocycles. The molecule has 0 unspecified atom stereocenters. The third kappa shape index (κ3) is 2.70. The predicted octanol–water partition coefficient (Wildman–Crippen LogP) is 3.44. The van der Waals surface area contributed by atoms with Crippen LogP contribution in [0.1, 0.15) is 11.4 Å². The van der Waals surface area contributed by atoms with Crippen LogP contribution in [0.25, 0.3) is 0 Å². The van der Waals surface area contributed by atoms with Gasteiger partial charge >= 0.3 is 6.18 Å². The number of alkyl halides is 4. The zero-order valence-corrected chi connectivity index (χ0v) is 9.11. The van der Waals surface area contributed by atoms with Gasteiger partial charge in [0.2, 0.25) is 0 Å². The van der Waals surface area contributed by atoms with Gasteiger partial charge in [0.25, 0.3) is 0 Å². The molecule has 0 aliphatic carbocycles. The molecule has 0 aliphatic heterocycles. The fraction of sp³-hybridized carbons (Fsp3) is 0.286. The van der Waals surface area contributed by atoms with E-state index < -0.39 is 11.9 Å². The number of nitrogens with zero attached hydrogens (tertiary/aromatic N) is 1. The van der Waals surface area contributed by atoms with Crippen LogP contribution in [-0.2, 0) is 12.1 Å². The van der Waals surface area contributed by atoms with E-state index in [1.165, 1.54) is 12.1 Å². The highest BCUT2D eigenvalue weighted by Gasteiger charge is 2.34. The third-order valence-electron chi connectivity index (χ3n) is 1.31. The van der Waals surface area contributed by atoms with Gasteiger partial charge in [0.05, 0.1) is 11.6 Å². The third-order valence-corrected chi connectivity index (χ3v) is 2.45. The highest BCUT2D eigenvalue weighted by Crippen LogP contribution is 2.31. The second-order valence-electron chi connectivity index (χ2n) is 2.26. The van der Waals surface area contributed by atoms with Gasteiger partial charge in [0, 0.05) is 3.57 Å². The Bertz CT molecular complexity index is 313. The maximum absolute atomic E-state index is 12.3. The summed E-state index contributed by atoms with van der Waals surface area (Å²) in [6.07, 6.45) is -4.40. The molecule has 13 heavy (non-hydrogen) atoms.